The van der Waals surface area contributed by atoms with E-state index in [1.165, 1.54) is 12.1 Å². The number of benzene rings is 1. The van der Waals surface area contributed by atoms with Crippen molar-refractivity contribution in [3.63, 3.8) is 0 Å². The fraction of sp³-hybridized carbons (Fsp3) is 0.250. The number of nitrogens with zero attached hydrogens (tertiary/aromatic N) is 1. The lowest BCUT2D eigenvalue weighted by Crippen LogP contribution is -2.04. The van der Waals surface area contributed by atoms with E-state index in [2.05, 4.69) is 4.98 Å². The molecule has 3 heteroatoms. The number of fused-ring (bicyclic) bond motifs is 1. The van der Waals surface area contributed by atoms with E-state index in [4.69, 9.17) is 5.73 Å². The summed E-state index contributed by atoms with van der Waals surface area (Å²) in [5.74, 6) is -0.220. The Morgan fingerprint density at radius 3 is 2.93 bits per heavy atom. The summed E-state index contributed by atoms with van der Waals surface area (Å²) in [7, 11) is 0. The number of rotatable bonds is 2. The van der Waals surface area contributed by atoms with Crippen LogP contribution in [0.25, 0.3) is 10.9 Å². The van der Waals surface area contributed by atoms with Crippen molar-refractivity contribution in [1.29, 1.82) is 0 Å². The molecule has 0 aliphatic heterocycles. The maximum Gasteiger partial charge on any atom is 0.124 e. The summed E-state index contributed by atoms with van der Waals surface area (Å²) in [5.41, 5.74) is 8.28. The standard InChI is InChI=1S/C12H13FN2/c1-8-3-5-15-12-9(2-4-14)6-10(13)7-11(8)12/h3,5-7H,2,4,14H2,1H3. The summed E-state index contributed by atoms with van der Waals surface area (Å²) in [4.78, 5) is 4.28. The Kier molecular flexibility index (Phi) is 2.64. The van der Waals surface area contributed by atoms with E-state index in [9.17, 15) is 4.39 Å². The first-order valence-electron chi connectivity index (χ1n) is 4.96. The van der Waals surface area contributed by atoms with Gasteiger partial charge in [-0.25, -0.2) is 4.39 Å². The minimum atomic E-state index is -0.220. The van der Waals surface area contributed by atoms with Gasteiger partial charge in [0.15, 0.2) is 0 Å². The van der Waals surface area contributed by atoms with Crippen LogP contribution in [0.1, 0.15) is 11.1 Å². The Morgan fingerprint density at radius 2 is 2.20 bits per heavy atom. The molecule has 2 N–H and O–H groups in total. The van der Waals surface area contributed by atoms with Gasteiger partial charge in [-0.1, -0.05) is 0 Å². The molecule has 0 fully saturated rings. The average Bonchev–Trinajstić information content (AvgIpc) is 2.20. The highest BCUT2D eigenvalue weighted by Gasteiger charge is 2.06. The molecule has 78 valence electrons. The molecule has 2 rings (SSSR count). The quantitative estimate of drug-likeness (QED) is 0.814. The second-order valence-corrected chi connectivity index (χ2v) is 3.63. The Hall–Kier alpha value is -1.48. The molecule has 0 saturated heterocycles. The number of halogens is 1. The number of aromatic nitrogens is 1. The van der Waals surface area contributed by atoms with Crippen LogP contribution in [0, 0.1) is 12.7 Å². The molecule has 1 heterocycles. The molecule has 0 radical (unpaired) electrons. The predicted octanol–water partition coefficient (Wildman–Crippen LogP) is 2.18. The third-order valence-electron chi connectivity index (χ3n) is 2.52. The molecule has 0 unspecified atom stereocenters. The molecule has 0 aliphatic rings. The largest absolute Gasteiger partial charge is 0.330 e. The lowest BCUT2D eigenvalue weighted by atomic mass is 10.0. The van der Waals surface area contributed by atoms with Gasteiger partial charge in [-0.2, -0.15) is 0 Å². The summed E-state index contributed by atoms with van der Waals surface area (Å²) in [5, 5.41) is 0.876. The maximum atomic E-state index is 13.3. The highest BCUT2D eigenvalue weighted by Crippen LogP contribution is 2.21. The Balaban J connectivity index is 2.74. The summed E-state index contributed by atoms with van der Waals surface area (Å²) < 4.78 is 13.3. The maximum absolute atomic E-state index is 13.3. The van der Waals surface area contributed by atoms with Crippen molar-refractivity contribution in [3.8, 4) is 0 Å². The van der Waals surface area contributed by atoms with Crippen molar-refractivity contribution in [2.75, 3.05) is 6.54 Å². The van der Waals surface area contributed by atoms with Gasteiger partial charge < -0.3 is 5.73 Å². The van der Waals surface area contributed by atoms with E-state index in [1.807, 2.05) is 13.0 Å². The predicted molar refractivity (Wildman–Crippen MR) is 59.2 cm³/mol. The minimum Gasteiger partial charge on any atom is -0.330 e. The van der Waals surface area contributed by atoms with E-state index in [1.54, 1.807) is 6.20 Å². The van der Waals surface area contributed by atoms with E-state index in [-0.39, 0.29) is 5.82 Å². The van der Waals surface area contributed by atoms with Gasteiger partial charge in [0.25, 0.3) is 0 Å². The first kappa shape index (κ1) is 10.1. The molecule has 15 heavy (non-hydrogen) atoms. The van der Waals surface area contributed by atoms with Gasteiger partial charge in [-0.05, 0) is 49.2 Å². The first-order valence-corrected chi connectivity index (χ1v) is 4.96. The summed E-state index contributed by atoms with van der Waals surface area (Å²) in [6, 6.07) is 4.92. The SMILES string of the molecule is Cc1ccnc2c(CCN)cc(F)cc12. The molecular weight excluding hydrogens is 191 g/mol. The van der Waals surface area contributed by atoms with Crippen molar-refractivity contribution in [1.82, 2.24) is 4.98 Å². The zero-order chi connectivity index (χ0) is 10.8. The number of aryl methyl sites for hydroxylation is 1. The van der Waals surface area contributed by atoms with E-state index in [0.717, 1.165) is 22.0 Å². The highest BCUT2D eigenvalue weighted by atomic mass is 19.1. The molecule has 1 aromatic carbocycles. The lowest BCUT2D eigenvalue weighted by Gasteiger charge is -2.06. The van der Waals surface area contributed by atoms with E-state index in [0.29, 0.717) is 13.0 Å². The molecule has 0 aliphatic carbocycles. The van der Waals surface area contributed by atoms with Crippen LogP contribution in [0.5, 0.6) is 0 Å². The number of hydrogen-bond acceptors (Lipinski definition) is 2. The van der Waals surface area contributed by atoms with Crippen molar-refractivity contribution in [2.45, 2.75) is 13.3 Å². The smallest absolute Gasteiger partial charge is 0.124 e. The molecule has 0 saturated carbocycles. The normalized spacial score (nSPS) is 10.9. The summed E-state index contributed by atoms with van der Waals surface area (Å²) in [6.45, 7) is 2.46. The first-order chi connectivity index (χ1) is 7.22. The van der Waals surface area contributed by atoms with Gasteiger partial charge in [-0.3, -0.25) is 4.98 Å². The fourth-order valence-corrected chi connectivity index (χ4v) is 1.77. The highest BCUT2D eigenvalue weighted by molar-refractivity contribution is 5.84. The fourth-order valence-electron chi connectivity index (χ4n) is 1.77. The number of nitrogens with two attached hydrogens (primary N) is 1. The molecule has 0 amide bonds. The van der Waals surface area contributed by atoms with Crippen molar-refractivity contribution in [3.05, 3.63) is 41.3 Å². The van der Waals surface area contributed by atoms with Gasteiger partial charge in [0.2, 0.25) is 0 Å². The third-order valence-corrected chi connectivity index (χ3v) is 2.52. The third kappa shape index (κ3) is 1.83. The Morgan fingerprint density at radius 1 is 1.40 bits per heavy atom. The lowest BCUT2D eigenvalue weighted by molar-refractivity contribution is 0.627. The summed E-state index contributed by atoms with van der Waals surface area (Å²) >= 11 is 0. The molecule has 2 nitrogen and oxygen atoms in total. The van der Waals surface area contributed by atoms with Gasteiger partial charge in [0, 0.05) is 11.6 Å². The van der Waals surface area contributed by atoms with Crippen molar-refractivity contribution >= 4 is 10.9 Å². The zero-order valence-corrected chi connectivity index (χ0v) is 8.63. The van der Waals surface area contributed by atoms with Crippen LogP contribution in [0.15, 0.2) is 24.4 Å². The van der Waals surface area contributed by atoms with Gasteiger partial charge >= 0.3 is 0 Å². The van der Waals surface area contributed by atoms with Crippen LogP contribution < -0.4 is 5.73 Å². The Bertz CT molecular complexity index is 494. The number of hydrogen-bond donors (Lipinski definition) is 1. The van der Waals surface area contributed by atoms with Crippen LogP contribution in [-0.2, 0) is 6.42 Å². The van der Waals surface area contributed by atoms with E-state index < -0.39 is 0 Å². The van der Waals surface area contributed by atoms with Crippen molar-refractivity contribution < 1.29 is 4.39 Å². The van der Waals surface area contributed by atoms with Gasteiger partial charge in [0.05, 0.1) is 5.52 Å². The summed E-state index contributed by atoms with van der Waals surface area (Å²) in [6.07, 6.45) is 2.40. The Labute approximate surface area is 87.9 Å². The minimum absolute atomic E-state index is 0.220. The van der Waals surface area contributed by atoms with Crippen LogP contribution in [0.2, 0.25) is 0 Å². The average molecular weight is 204 g/mol. The second kappa shape index (κ2) is 3.95. The van der Waals surface area contributed by atoms with Gasteiger partial charge in [0.1, 0.15) is 5.82 Å². The van der Waals surface area contributed by atoms with Crippen LogP contribution >= 0.6 is 0 Å². The molecule has 2 aromatic rings. The number of pyridine rings is 1. The molecule has 0 atom stereocenters. The van der Waals surface area contributed by atoms with Crippen molar-refractivity contribution in [2.24, 2.45) is 5.73 Å². The van der Waals surface area contributed by atoms with E-state index >= 15 is 0 Å². The zero-order valence-electron chi connectivity index (χ0n) is 8.63. The van der Waals surface area contributed by atoms with Crippen LogP contribution in [0.3, 0.4) is 0 Å². The van der Waals surface area contributed by atoms with Gasteiger partial charge in [-0.15, -0.1) is 0 Å². The molecule has 1 aromatic heterocycles. The van der Waals surface area contributed by atoms with Crippen LogP contribution in [-0.4, -0.2) is 11.5 Å². The molecular formula is C12H13FN2. The molecule has 0 bridgehead atoms. The molecule has 0 spiro atoms. The van der Waals surface area contributed by atoms with Crippen LogP contribution in [0.4, 0.5) is 4.39 Å². The topological polar surface area (TPSA) is 38.9 Å². The monoisotopic (exact) mass is 204 g/mol. The second-order valence-electron chi connectivity index (χ2n) is 3.63.